The molecule has 0 aromatic heterocycles. The number of fused-ring (bicyclic) bond motifs is 12. The molecule has 2 nitrogen and oxygen atoms in total. The first kappa shape index (κ1) is 37.9. The normalized spacial score (nSPS) is 36.2. The van der Waals surface area contributed by atoms with Crippen molar-refractivity contribution < 1.29 is 0 Å². The van der Waals surface area contributed by atoms with Crippen LogP contribution in [0.25, 0.3) is 5.57 Å². The van der Waals surface area contributed by atoms with Gasteiger partial charge in [0.15, 0.2) is 0 Å². The Morgan fingerprint density at radius 3 is 2.33 bits per heavy atom. The quantitative estimate of drug-likeness (QED) is 0.268. The molecule has 1 aliphatic heterocycles. The predicted molar refractivity (Wildman–Crippen MR) is 261 cm³/mol. The van der Waals surface area contributed by atoms with Crippen LogP contribution in [0.3, 0.4) is 0 Å². The molecule has 2 aromatic carbocycles. The Balaban J connectivity index is 0.859. The van der Waals surface area contributed by atoms with Crippen molar-refractivity contribution in [3.8, 4) is 0 Å². The summed E-state index contributed by atoms with van der Waals surface area (Å²) in [4.78, 5) is 5.54. The number of hydrogen-bond donors (Lipinski definition) is 0. The van der Waals surface area contributed by atoms with Crippen molar-refractivity contribution in [1.82, 2.24) is 4.90 Å². The number of benzene rings is 2. The zero-order valence-electron chi connectivity index (χ0n) is 36.6. The highest BCUT2D eigenvalue weighted by molar-refractivity contribution is 5.89. The van der Waals surface area contributed by atoms with Gasteiger partial charge in [0.1, 0.15) is 0 Å². The first-order valence-electron chi connectivity index (χ1n) is 24.6. The van der Waals surface area contributed by atoms with E-state index < -0.39 is 0 Å². The van der Waals surface area contributed by atoms with Gasteiger partial charge in [0, 0.05) is 46.2 Å². The molecule has 0 bridgehead atoms. The topological polar surface area (TPSA) is 6.48 Å². The SMILES string of the molecule is C1=CCCC(C2C=CC(N(C3=CCC(C4=CC5C6C=CC=CC6N(c6ccccc6)C5C=C4)CC3)C3C=C4C(CC3)C3C=CC=CC3C43C4=C(C=CCC4)c4ccccc43)=CC2)=C1. The van der Waals surface area contributed by atoms with Crippen LogP contribution in [-0.2, 0) is 5.41 Å². The van der Waals surface area contributed by atoms with Crippen LogP contribution in [0.15, 0.2) is 216 Å². The lowest BCUT2D eigenvalue weighted by atomic mass is 9.63. The van der Waals surface area contributed by atoms with Crippen LogP contribution in [0.5, 0.6) is 0 Å². The smallest absolute Gasteiger partial charge is 0.0552 e. The highest BCUT2D eigenvalue weighted by Gasteiger charge is 2.62. The summed E-state index contributed by atoms with van der Waals surface area (Å²) in [5.74, 6) is 3.65. The second-order valence-corrected chi connectivity index (χ2v) is 20.2. The van der Waals surface area contributed by atoms with Gasteiger partial charge >= 0.3 is 0 Å². The average molecular weight is 821 g/mol. The molecule has 1 saturated heterocycles. The van der Waals surface area contributed by atoms with Crippen molar-refractivity contribution in [2.45, 2.75) is 87.7 Å². The van der Waals surface area contributed by atoms with E-state index in [1.807, 2.05) is 0 Å². The highest BCUT2D eigenvalue weighted by Crippen LogP contribution is 2.68. The number of anilines is 1. The fraction of sp³-hybridized carbons (Fsp3) is 0.344. The summed E-state index contributed by atoms with van der Waals surface area (Å²) < 4.78 is 0. The maximum Gasteiger partial charge on any atom is 0.0552 e. The first-order valence-corrected chi connectivity index (χ1v) is 24.6. The second-order valence-electron chi connectivity index (χ2n) is 20.2. The monoisotopic (exact) mass is 820 g/mol. The Morgan fingerprint density at radius 1 is 0.635 bits per heavy atom. The molecular weight excluding hydrogens is 761 g/mol. The van der Waals surface area contributed by atoms with Crippen LogP contribution in [0.1, 0.15) is 75.3 Å². The van der Waals surface area contributed by atoms with E-state index in [-0.39, 0.29) is 5.41 Å². The zero-order valence-corrected chi connectivity index (χ0v) is 36.6. The molecule has 0 radical (unpaired) electrons. The molecule has 1 saturated carbocycles. The van der Waals surface area contributed by atoms with Crippen LogP contribution in [-0.4, -0.2) is 23.0 Å². The molecule has 13 rings (SSSR count). The Bertz CT molecular complexity index is 2660. The van der Waals surface area contributed by atoms with E-state index >= 15 is 0 Å². The summed E-state index contributed by atoms with van der Waals surface area (Å²) in [5, 5.41) is 0. The van der Waals surface area contributed by atoms with E-state index in [9.17, 15) is 0 Å². The van der Waals surface area contributed by atoms with Gasteiger partial charge in [-0.2, -0.15) is 0 Å². The van der Waals surface area contributed by atoms with E-state index in [2.05, 4.69) is 192 Å². The number of allylic oxidation sites excluding steroid dienone is 22. The molecule has 11 aliphatic rings. The molecule has 0 N–H and O–H groups in total. The fourth-order valence-corrected chi connectivity index (χ4v) is 14.7. The van der Waals surface area contributed by atoms with Crippen molar-refractivity contribution in [3.63, 3.8) is 0 Å². The molecule has 2 fully saturated rings. The van der Waals surface area contributed by atoms with Gasteiger partial charge in [-0.3, -0.25) is 0 Å². The van der Waals surface area contributed by atoms with Crippen LogP contribution < -0.4 is 4.90 Å². The third kappa shape index (κ3) is 5.89. The Labute approximate surface area is 375 Å². The van der Waals surface area contributed by atoms with Crippen LogP contribution in [0, 0.1) is 41.4 Å². The molecule has 11 unspecified atom stereocenters. The van der Waals surface area contributed by atoms with Gasteiger partial charge < -0.3 is 9.80 Å². The van der Waals surface area contributed by atoms with Crippen LogP contribution in [0.4, 0.5) is 5.69 Å². The minimum atomic E-state index is -0.0528. The molecule has 0 amide bonds. The van der Waals surface area contributed by atoms with E-state index in [4.69, 9.17) is 0 Å². The maximum atomic E-state index is 2.86. The summed E-state index contributed by atoms with van der Waals surface area (Å²) in [5.41, 5.74) is 15.4. The summed E-state index contributed by atoms with van der Waals surface area (Å²) in [6, 6.07) is 21.8. The lowest BCUT2D eigenvalue weighted by molar-refractivity contribution is 0.283. The van der Waals surface area contributed by atoms with E-state index in [1.165, 1.54) is 54.6 Å². The minimum Gasteiger partial charge on any atom is -0.357 e. The summed E-state index contributed by atoms with van der Waals surface area (Å²) in [7, 11) is 0. The van der Waals surface area contributed by atoms with Gasteiger partial charge in [-0.05, 0) is 128 Å². The molecule has 11 atom stereocenters. The molecule has 314 valence electrons. The molecule has 2 aromatic rings. The largest absolute Gasteiger partial charge is 0.357 e. The Hall–Kier alpha value is -5.60. The predicted octanol–water partition coefficient (Wildman–Crippen LogP) is 14.0. The number of nitrogens with zero attached hydrogens (tertiary/aromatic N) is 2. The van der Waals surface area contributed by atoms with Gasteiger partial charge in [0.05, 0.1) is 18.1 Å². The van der Waals surface area contributed by atoms with E-state index in [0.717, 1.165) is 32.1 Å². The van der Waals surface area contributed by atoms with Crippen LogP contribution in [0.2, 0.25) is 0 Å². The maximum absolute atomic E-state index is 2.86. The van der Waals surface area contributed by atoms with Gasteiger partial charge in [-0.15, -0.1) is 0 Å². The van der Waals surface area contributed by atoms with Gasteiger partial charge in [0.2, 0.25) is 0 Å². The number of hydrogen-bond acceptors (Lipinski definition) is 2. The minimum absolute atomic E-state index is 0.0528. The van der Waals surface area contributed by atoms with Gasteiger partial charge in [0.25, 0.3) is 0 Å². The van der Waals surface area contributed by atoms with Crippen molar-refractivity contribution in [1.29, 1.82) is 0 Å². The van der Waals surface area contributed by atoms with Crippen molar-refractivity contribution in [2.24, 2.45) is 41.4 Å². The van der Waals surface area contributed by atoms with Gasteiger partial charge in [-0.1, -0.05) is 175 Å². The third-order valence-corrected chi connectivity index (χ3v) is 17.4. The highest BCUT2D eigenvalue weighted by atomic mass is 15.2. The Kier molecular flexibility index (Phi) is 9.20. The van der Waals surface area contributed by atoms with Crippen molar-refractivity contribution >= 4 is 11.3 Å². The molecule has 63 heavy (non-hydrogen) atoms. The summed E-state index contributed by atoms with van der Waals surface area (Å²) in [6.07, 6.45) is 63.9. The number of rotatable bonds is 6. The van der Waals surface area contributed by atoms with E-state index in [1.54, 1.807) is 33.6 Å². The molecule has 2 heteroatoms. The zero-order chi connectivity index (χ0) is 41.5. The number of para-hydroxylation sites is 1. The molecule has 1 spiro atoms. The van der Waals surface area contributed by atoms with Crippen molar-refractivity contribution in [3.05, 3.63) is 227 Å². The third-order valence-electron chi connectivity index (χ3n) is 17.4. The van der Waals surface area contributed by atoms with Gasteiger partial charge in [-0.25, -0.2) is 0 Å². The average Bonchev–Trinajstić information content (AvgIpc) is 3.96. The van der Waals surface area contributed by atoms with Crippen LogP contribution >= 0.6 is 0 Å². The standard InChI is InChI=1S/C61H60N2/c1-3-15-41(16-4-1)42-27-32-46(33-28-42)62(47-34-29-43(30-35-47)44-31-38-60-54(39-44)53-22-10-14-26-59(53)63(60)45-17-5-2-6-18-45)48-36-37-52-51-21-9-13-25-57(51)61(58(52)40-48)55-23-11-7-19-49(55)50-20-8-12-24-56(50)61/h1-3,5-11,13-15,17-23,25-27,31-34,38-40,42-43,48,51-54,57,59-60H,4,12,16,24,28-30,35-37H2. The molecule has 10 aliphatic carbocycles. The molecule has 1 heterocycles. The van der Waals surface area contributed by atoms with Crippen molar-refractivity contribution in [2.75, 3.05) is 4.90 Å². The van der Waals surface area contributed by atoms with E-state index in [0.29, 0.717) is 59.6 Å². The lowest BCUT2D eigenvalue weighted by Crippen LogP contribution is -2.39. The second kappa shape index (κ2) is 15.3. The Morgan fingerprint density at radius 2 is 1.48 bits per heavy atom. The fourth-order valence-electron chi connectivity index (χ4n) is 14.7. The summed E-state index contributed by atoms with van der Waals surface area (Å²) >= 11 is 0. The lowest BCUT2D eigenvalue weighted by Gasteiger charge is -2.44. The first-order chi connectivity index (χ1) is 31.3. The summed E-state index contributed by atoms with van der Waals surface area (Å²) in [6.45, 7) is 0. The molecular formula is C61H60N2.